The van der Waals surface area contributed by atoms with Gasteiger partial charge < -0.3 is 9.88 Å². The number of para-hydroxylation sites is 1. The first kappa shape index (κ1) is 16.4. The van der Waals surface area contributed by atoms with Crippen molar-refractivity contribution >= 4 is 16.8 Å². The summed E-state index contributed by atoms with van der Waals surface area (Å²) in [5.74, 6) is 0.710. The number of amides is 1. The van der Waals surface area contributed by atoms with Gasteiger partial charge in [0, 0.05) is 12.0 Å². The zero-order valence-corrected chi connectivity index (χ0v) is 14.2. The monoisotopic (exact) mass is 325 g/mol. The second-order valence-corrected chi connectivity index (χ2v) is 6.57. The van der Waals surface area contributed by atoms with Crippen LogP contribution in [0.1, 0.15) is 38.9 Å². The number of hydrogen-bond acceptors (Lipinski definition) is 3. The molecule has 3 rings (SSSR count). The number of fused-ring (bicyclic) bond motifs is 1. The van der Waals surface area contributed by atoms with Crippen LogP contribution < -0.4 is 5.56 Å². The Balaban J connectivity index is 1.87. The topological polar surface area (TPSA) is 66.1 Å². The minimum absolute atomic E-state index is 0.0320. The number of allylic oxidation sites excluding steroid dienone is 2. The van der Waals surface area contributed by atoms with Crippen molar-refractivity contribution in [3.63, 3.8) is 0 Å². The van der Waals surface area contributed by atoms with E-state index >= 15 is 0 Å². The molecule has 24 heavy (non-hydrogen) atoms. The Kier molecular flexibility index (Phi) is 4.79. The fraction of sp³-hybridized carbons (Fsp3) is 0.421. The molecular weight excluding hydrogens is 302 g/mol. The van der Waals surface area contributed by atoms with Gasteiger partial charge in [-0.15, -0.1) is 0 Å². The third kappa shape index (κ3) is 3.40. The Hall–Kier alpha value is -2.43. The molecule has 0 bridgehead atoms. The number of benzene rings is 1. The van der Waals surface area contributed by atoms with Gasteiger partial charge in [0.15, 0.2) is 0 Å². The molecule has 1 aliphatic rings. The minimum atomic E-state index is -0.160. The molecule has 1 amide bonds. The van der Waals surface area contributed by atoms with Crippen molar-refractivity contribution in [3.8, 4) is 0 Å². The normalized spacial score (nSPS) is 17.4. The van der Waals surface area contributed by atoms with Gasteiger partial charge in [0.05, 0.1) is 17.4 Å². The molecule has 1 aromatic heterocycles. The second kappa shape index (κ2) is 6.99. The average Bonchev–Trinajstić information content (AvgIpc) is 2.60. The van der Waals surface area contributed by atoms with Crippen LogP contribution in [-0.2, 0) is 11.3 Å². The standard InChI is InChI=1S/C19H23N3O2/c1-13(2)22(19(24)14-8-4-3-5-9-14)12-17-20-16-11-7-6-10-15(16)18(23)21-17/h3-4,6-7,10-11,13-14H,5,8-9,12H2,1-2H3,(H,20,21,23). The van der Waals surface area contributed by atoms with Crippen molar-refractivity contribution in [1.29, 1.82) is 0 Å². The molecule has 5 heteroatoms. The third-order valence-electron chi connectivity index (χ3n) is 4.51. The first-order chi connectivity index (χ1) is 11.6. The first-order valence-corrected chi connectivity index (χ1v) is 8.49. The summed E-state index contributed by atoms with van der Waals surface area (Å²) in [7, 11) is 0. The summed E-state index contributed by atoms with van der Waals surface area (Å²) in [5.41, 5.74) is 0.500. The Bertz CT molecular complexity index is 823. The maximum Gasteiger partial charge on any atom is 0.258 e. The van der Waals surface area contributed by atoms with E-state index in [0.29, 0.717) is 23.3 Å². The van der Waals surface area contributed by atoms with Crippen molar-refractivity contribution in [2.45, 2.75) is 45.7 Å². The largest absolute Gasteiger partial charge is 0.333 e. The summed E-state index contributed by atoms with van der Waals surface area (Å²) in [4.78, 5) is 34.2. The van der Waals surface area contributed by atoms with Crippen molar-refractivity contribution in [1.82, 2.24) is 14.9 Å². The van der Waals surface area contributed by atoms with Gasteiger partial charge >= 0.3 is 0 Å². The summed E-state index contributed by atoms with van der Waals surface area (Å²) in [5, 5.41) is 0.570. The molecule has 1 N–H and O–H groups in total. The minimum Gasteiger partial charge on any atom is -0.333 e. The molecule has 0 saturated heterocycles. The van der Waals surface area contributed by atoms with Gasteiger partial charge in [-0.05, 0) is 45.2 Å². The van der Waals surface area contributed by atoms with Crippen LogP contribution in [0.5, 0.6) is 0 Å². The van der Waals surface area contributed by atoms with Crippen LogP contribution in [0.25, 0.3) is 10.9 Å². The van der Waals surface area contributed by atoms with Crippen LogP contribution in [0.15, 0.2) is 41.2 Å². The summed E-state index contributed by atoms with van der Waals surface area (Å²) in [6, 6.07) is 7.31. The Labute approximate surface area is 141 Å². The van der Waals surface area contributed by atoms with E-state index in [2.05, 4.69) is 22.1 Å². The lowest BCUT2D eigenvalue weighted by atomic mass is 9.92. The highest BCUT2D eigenvalue weighted by atomic mass is 16.2. The van der Waals surface area contributed by atoms with Gasteiger partial charge in [0.2, 0.25) is 5.91 Å². The van der Waals surface area contributed by atoms with E-state index in [4.69, 9.17) is 0 Å². The number of carbonyl (C=O) groups is 1. The van der Waals surface area contributed by atoms with Crippen molar-refractivity contribution in [2.75, 3.05) is 0 Å². The number of carbonyl (C=O) groups excluding carboxylic acids is 1. The van der Waals surface area contributed by atoms with Crippen LogP contribution in [0, 0.1) is 5.92 Å². The van der Waals surface area contributed by atoms with E-state index in [1.54, 1.807) is 6.07 Å². The van der Waals surface area contributed by atoms with Crippen LogP contribution in [0.4, 0.5) is 0 Å². The first-order valence-electron chi connectivity index (χ1n) is 8.49. The van der Waals surface area contributed by atoms with E-state index < -0.39 is 0 Å². The van der Waals surface area contributed by atoms with E-state index in [9.17, 15) is 9.59 Å². The maximum absolute atomic E-state index is 12.9. The molecule has 1 aromatic carbocycles. The fourth-order valence-corrected chi connectivity index (χ4v) is 3.14. The number of nitrogens with zero attached hydrogens (tertiary/aromatic N) is 2. The molecule has 1 atom stereocenters. The summed E-state index contributed by atoms with van der Waals surface area (Å²) in [6.07, 6.45) is 6.85. The van der Waals surface area contributed by atoms with E-state index in [0.717, 1.165) is 19.3 Å². The molecule has 1 aliphatic carbocycles. The quantitative estimate of drug-likeness (QED) is 0.879. The van der Waals surface area contributed by atoms with Gasteiger partial charge in [-0.25, -0.2) is 4.98 Å². The molecule has 0 saturated carbocycles. The van der Waals surface area contributed by atoms with Gasteiger partial charge in [-0.2, -0.15) is 0 Å². The third-order valence-corrected chi connectivity index (χ3v) is 4.51. The Morgan fingerprint density at radius 2 is 2.12 bits per heavy atom. The number of nitrogens with one attached hydrogen (secondary N) is 1. The molecule has 0 aliphatic heterocycles. The molecule has 0 radical (unpaired) electrons. The van der Waals surface area contributed by atoms with Crippen molar-refractivity contribution in [2.24, 2.45) is 5.92 Å². The summed E-state index contributed by atoms with van der Waals surface area (Å²) < 4.78 is 0. The summed E-state index contributed by atoms with van der Waals surface area (Å²) >= 11 is 0. The molecule has 1 unspecified atom stereocenters. The van der Waals surface area contributed by atoms with Crippen LogP contribution in [0.3, 0.4) is 0 Å². The van der Waals surface area contributed by atoms with Gasteiger partial charge in [0.1, 0.15) is 5.82 Å². The maximum atomic E-state index is 12.9. The lowest BCUT2D eigenvalue weighted by Gasteiger charge is -2.30. The predicted octanol–water partition coefficient (Wildman–Crippen LogP) is 3.02. The Morgan fingerprint density at radius 3 is 2.83 bits per heavy atom. The number of aromatic amines is 1. The second-order valence-electron chi connectivity index (χ2n) is 6.57. The molecule has 0 spiro atoms. The molecule has 2 aromatic rings. The molecular formula is C19H23N3O2. The Morgan fingerprint density at radius 1 is 1.33 bits per heavy atom. The highest BCUT2D eigenvalue weighted by Crippen LogP contribution is 2.22. The van der Waals surface area contributed by atoms with Crippen LogP contribution >= 0.6 is 0 Å². The van der Waals surface area contributed by atoms with Crippen molar-refractivity contribution < 1.29 is 4.79 Å². The van der Waals surface area contributed by atoms with E-state index in [1.165, 1.54) is 0 Å². The lowest BCUT2D eigenvalue weighted by molar-refractivity contribution is -0.138. The zero-order chi connectivity index (χ0) is 17.1. The van der Waals surface area contributed by atoms with E-state index in [1.807, 2.05) is 36.9 Å². The number of aromatic nitrogens is 2. The number of hydrogen-bond donors (Lipinski definition) is 1. The summed E-state index contributed by atoms with van der Waals surface area (Å²) in [6.45, 7) is 4.32. The zero-order valence-electron chi connectivity index (χ0n) is 14.2. The smallest absolute Gasteiger partial charge is 0.258 e. The van der Waals surface area contributed by atoms with Gasteiger partial charge in [0.25, 0.3) is 5.56 Å². The SMILES string of the molecule is CC(C)N(Cc1nc2ccccc2c(=O)[nH]1)C(=O)C1CC=CCC1. The highest BCUT2D eigenvalue weighted by Gasteiger charge is 2.26. The van der Waals surface area contributed by atoms with Crippen LogP contribution in [0.2, 0.25) is 0 Å². The van der Waals surface area contributed by atoms with Crippen LogP contribution in [-0.4, -0.2) is 26.8 Å². The van der Waals surface area contributed by atoms with Gasteiger partial charge in [-0.1, -0.05) is 24.3 Å². The van der Waals surface area contributed by atoms with Crippen molar-refractivity contribution in [3.05, 3.63) is 52.6 Å². The van der Waals surface area contributed by atoms with Gasteiger partial charge in [-0.3, -0.25) is 9.59 Å². The number of H-pyrrole nitrogens is 1. The highest BCUT2D eigenvalue weighted by molar-refractivity contribution is 5.80. The number of rotatable bonds is 4. The average molecular weight is 325 g/mol. The molecule has 5 nitrogen and oxygen atoms in total. The molecule has 126 valence electrons. The fourth-order valence-electron chi connectivity index (χ4n) is 3.14. The predicted molar refractivity (Wildman–Crippen MR) is 94.5 cm³/mol. The lowest BCUT2D eigenvalue weighted by Crippen LogP contribution is -2.41. The molecule has 0 fully saturated rings. The van der Waals surface area contributed by atoms with E-state index in [-0.39, 0.29) is 23.4 Å². The molecule has 1 heterocycles.